The summed E-state index contributed by atoms with van der Waals surface area (Å²) >= 11 is 0. The maximum absolute atomic E-state index is 12.5. The van der Waals surface area contributed by atoms with Crippen molar-refractivity contribution < 1.29 is 9.90 Å². The minimum Gasteiger partial charge on any atom is -0.508 e. The van der Waals surface area contributed by atoms with Crippen LogP contribution in [0.5, 0.6) is 5.75 Å². The third kappa shape index (κ3) is 6.55. The summed E-state index contributed by atoms with van der Waals surface area (Å²) in [7, 11) is 0. The van der Waals surface area contributed by atoms with Gasteiger partial charge in [-0.2, -0.15) is 0 Å². The van der Waals surface area contributed by atoms with E-state index in [0.29, 0.717) is 18.5 Å². The van der Waals surface area contributed by atoms with Crippen LogP contribution in [-0.4, -0.2) is 22.3 Å². The van der Waals surface area contributed by atoms with E-state index in [-0.39, 0.29) is 23.9 Å². The number of carbonyl (C=O) groups excluding carboxylic acids is 1. The highest BCUT2D eigenvalue weighted by Gasteiger charge is 2.11. The molecule has 0 radical (unpaired) electrons. The molecule has 0 spiro atoms. The first kappa shape index (κ1) is 20.7. The summed E-state index contributed by atoms with van der Waals surface area (Å²) in [5, 5.41) is 9.37. The minimum atomic E-state index is 0. The highest BCUT2D eigenvalue weighted by molar-refractivity contribution is 5.96. The van der Waals surface area contributed by atoms with Gasteiger partial charge >= 0.3 is 0 Å². The lowest BCUT2D eigenvalue weighted by Crippen LogP contribution is -2.25. The highest BCUT2D eigenvalue weighted by Crippen LogP contribution is 2.14. The summed E-state index contributed by atoms with van der Waals surface area (Å²) in [6, 6.07) is 27.1. The molecule has 4 heteroatoms. The molecule has 3 aromatic carbocycles. The Kier molecular flexibility index (Phi) is 8.05. The van der Waals surface area contributed by atoms with Crippen molar-refractivity contribution in [2.75, 3.05) is 6.54 Å². The van der Waals surface area contributed by atoms with Gasteiger partial charge in [0.2, 0.25) is 0 Å². The van der Waals surface area contributed by atoms with Crippen LogP contribution in [0.3, 0.4) is 0 Å². The number of rotatable bonds is 8. The summed E-state index contributed by atoms with van der Waals surface area (Å²) < 4.78 is 0. The number of nitrogens with zero attached hydrogens (tertiary/aromatic N) is 1. The van der Waals surface area contributed by atoms with Gasteiger partial charge in [-0.3, -0.25) is 9.69 Å². The van der Waals surface area contributed by atoms with E-state index < -0.39 is 0 Å². The number of phenols is 1. The third-order valence-electron chi connectivity index (χ3n) is 4.34. The van der Waals surface area contributed by atoms with Crippen LogP contribution in [0.2, 0.25) is 0 Å². The number of Topliss-reactive ketones (excluding diaryl/α,β-unsaturated/α-hetero) is 1. The van der Waals surface area contributed by atoms with E-state index >= 15 is 0 Å². The molecule has 0 aliphatic carbocycles. The summed E-state index contributed by atoms with van der Waals surface area (Å²) in [4.78, 5) is 14.8. The van der Waals surface area contributed by atoms with Gasteiger partial charge in [0, 0.05) is 31.6 Å². The van der Waals surface area contributed by atoms with Gasteiger partial charge in [-0.05, 0) is 35.4 Å². The van der Waals surface area contributed by atoms with Gasteiger partial charge in [0.1, 0.15) is 5.75 Å². The molecule has 0 bridgehead atoms. The van der Waals surface area contributed by atoms with E-state index in [1.807, 2.05) is 36.4 Å². The maximum Gasteiger partial charge on any atom is 0.164 e. The molecule has 0 saturated heterocycles. The normalized spacial score (nSPS) is 10.4. The van der Waals surface area contributed by atoms with Crippen LogP contribution in [0.25, 0.3) is 0 Å². The summed E-state index contributed by atoms with van der Waals surface area (Å²) in [5.74, 6) is 0.271. The van der Waals surface area contributed by atoms with Gasteiger partial charge in [-0.25, -0.2) is 0 Å². The molecule has 0 unspecified atom stereocenters. The van der Waals surface area contributed by atoms with E-state index in [9.17, 15) is 9.90 Å². The molecule has 27 heavy (non-hydrogen) atoms. The van der Waals surface area contributed by atoms with Crippen LogP contribution in [0.4, 0.5) is 0 Å². The Labute approximate surface area is 166 Å². The number of hydrogen-bond donors (Lipinski definition) is 1. The zero-order valence-electron chi connectivity index (χ0n) is 15.1. The fourth-order valence-electron chi connectivity index (χ4n) is 2.95. The average Bonchev–Trinajstić information content (AvgIpc) is 2.68. The zero-order chi connectivity index (χ0) is 18.2. The summed E-state index contributed by atoms with van der Waals surface area (Å²) in [6.07, 6.45) is 0.449. The molecule has 3 rings (SSSR count). The Morgan fingerprint density at radius 3 is 1.70 bits per heavy atom. The lowest BCUT2D eigenvalue weighted by Gasteiger charge is -2.22. The quantitative estimate of drug-likeness (QED) is 0.552. The Morgan fingerprint density at radius 2 is 1.22 bits per heavy atom. The Morgan fingerprint density at radius 1 is 0.741 bits per heavy atom. The van der Waals surface area contributed by atoms with Crippen LogP contribution in [0.1, 0.15) is 27.9 Å². The van der Waals surface area contributed by atoms with Crippen LogP contribution < -0.4 is 0 Å². The smallest absolute Gasteiger partial charge is 0.164 e. The molecular formula is C23H24ClNO2. The molecule has 1 N–H and O–H groups in total. The molecule has 3 nitrogen and oxygen atoms in total. The topological polar surface area (TPSA) is 40.5 Å². The number of aromatic hydroxyl groups is 1. The van der Waals surface area contributed by atoms with Crippen molar-refractivity contribution in [1.82, 2.24) is 4.90 Å². The van der Waals surface area contributed by atoms with Gasteiger partial charge in [-0.15, -0.1) is 12.4 Å². The molecule has 0 amide bonds. The van der Waals surface area contributed by atoms with E-state index in [0.717, 1.165) is 13.1 Å². The molecule has 0 fully saturated rings. The second-order valence-corrected chi connectivity index (χ2v) is 6.40. The van der Waals surface area contributed by atoms with Crippen LogP contribution in [-0.2, 0) is 13.1 Å². The van der Waals surface area contributed by atoms with Crippen molar-refractivity contribution in [3.8, 4) is 5.75 Å². The van der Waals surface area contributed by atoms with E-state index in [2.05, 4.69) is 29.2 Å². The number of ketones is 1. The molecule has 0 aliphatic rings. The first-order valence-electron chi connectivity index (χ1n) is 8.83. The molecule has 140 valence electrons. The lowest BCUT2D eigenvalue weighted by atomic mass is 10.1. The van der Waals surface area contributed by atoms with Crippen molar-refractivity contribution in [1.29, 1.82) is 0 Å². The van der Waals surface area contributed by atoms with Crippen LogP contribution in [0.15, 0.2) is 84.9 Å². The average molecular weight is 382 g/mol. The first-order valence-corrected chi connectivity index (χ1v) is 8.83. The fraction of sp³-hybridized carbons (Fsp3) is 0.174. The monoisotopic (exact) mass is 381 g/mol. The second-order valence-electron chi connectivity index (χ2n) is 6.40. The first-order chi connectivity index (χ1) is 12.7. The number of hydrogen-bond acceptors (Lipinski definition) is 3. The van der Waals surface area contributed by atoms with Gasteiger partial charge in [-0.1, -0.05) is 60.7 Å². The van der Waals surface area contributed by atoms with Gasteiger partial charge in [0.25, 0.3) is 0 Å². The molecule has 0 aromatic heterocycles. The van der Waals surface area contributed by atoms with Gasteiger partial charge < -0.3 is 5.11 Å². The summed E-state index contributed by atoms with van der Waals surface area (Å²) in [5.41, 5.74) is 3.11. The van der Waals surface area contributed by atoms with Crippen LogP contribution in [0, 0.1) is 0 Å². The molecule has 0 heterocycles. The predicted octanol–water partition coefficient (Wildman–Crippen LogP) is 5.09. The van der Waals surface area contributed by atoms with E-state index in [1.165, 1.54) is 11.1 Å². The number of phenolic OH excluding ortho intramolecular Hbond substituents is 1. The second kappa shape index (κ2) is 10.5. The zero-order valence-corrected chi connectivity index (χ0v) is 15.9. The largest absolute Gasteiger partial charge is 0.508 e. The maximum atomic E-state index is 12.5. The molecule has 0 atom stereocenters. The van der Waals surface area contributed by atoms with E-state index in [1.54, 1.807) is 24.3 Å². The van der Waals surface area contributed by atoms with Gasteiger partial charge in [0.05, 0.1) is 0 Å². The number of halogens is 1. The minimum absolute atomic E-state index is 0. The highest BCUT2D eigenvalue weighted by atomic mass is 35.5. The van der Waals surface area contributed by atoms with Gasteiger partial charge in [0.15, 0.2) is 5.78 Å². The summed E-state index contributed by atoms with van der Waals surface area (Å²) in [6.45, 7) is 2.29. The Hall–Kier alpha value is -2.62. The Bertz CT molecular complexity index is 779. The van der Waals surface area contributed by atoms with Crippen molar-refractivity contribution >= 4 is 18.2 Å². The molecule has 0 saturated carbocycles. The third-order valence-corrected chi connectivity index (χ3v) is 4.34. The van der Waals surface area contributed by atoms with Crippen molar-refractivity contribution in [3.05, 3.63) is 102 Å². The Balaban J connectivity index is 0.00000261. The number of carbonyl (C=O) groups is 1. The number of benzene rings is 3. The van der Waals surface area contributed by atoms with Crippen molar-refractivity contribution in [2.45, 2.75) is 19.5 Å². The van der Waals surface area contributed by atoms with Crippen molar-refractivity contribution in [3.63, 3.8) is 0 Å². The standard InChI is InChI=1S/C23H23NO2.ClH/c25-22-13-11-21(12-14-22)23(26)15-16-24(17-19-7-3-1-4-8-19)18-20-9-5-2-6-10-20;/h1-14,25H,15-18H2;1H. The fourth-order valence-corrected chi connectivity index (χ4v) is 2.95. The van der Waals surface area contributed by atoms with E-state index in [4.69, 9.17) is 0 Å². The lowest BCUT2D eigenvalue weighted by molar-refractivity contribution is 0.0960. The molecular weight excluding hydrogens is 358 g/mol. The predicted molar refractivity (Wildman–Crippen MR) is 111 cm³/mol. The molecule has 0 aliphatic heterocycles. The van der Waals surface area contributed by atoms with Crippen molar-refractivity contribution in [2.24, 2.45) is 0 Å². The van der Waals surface area contributed by atoms with Crippen LogP contribution >= 0.6 is 12.4 Å². The molecule has 3 aromatic rings. The SMILES string of the molecule is Cl.O=C(CCN(Cc1ccccc1)Cc1ccccc1)c1ccc(O)cc1.